The van der Waals surface area contributed by atoms with Gasteiger partial charge >= 0.3 is 0 Å². The molecule has 1 amide bonds. The predicted octanol–water partition coefficient (Wildman–Crippen LogP) is 4.87. The van der Waals surface area contributed by atoms with E-state index in [1.54, 1.807) is 6.21 Å². The minimum atomic E-state index is -0.226. The Morgan fingerprint density at radius 2 is 1.74 bits per heavy atom. The summed E-state index contributed by atoms with van der Waals surface area (Å²) in [5.41, 5.74) is 12.1. The van der Waals surface area contributed by atoms with Crippen LogP contribution in [0.3, 0.4) is 0 Å². The number of amides is 1. The average molecular weight is 439 g/mol. The molecule has 0 fully saturated rings. The Kier molecular flexibility index (Phi) is 6.09. The fourth-order valence-corrected chi connectivity index (χ4v) is 4.17. The normalized spacial score (nSPS) is 12.6. The quantitative estimate of drug-likeness (QED) is 0.399. The summed E-state index contributed by atoms with van der Waals surface area (Å²) < 4.78 is 0.958. The number of anilines is 1. The van der Waals surface area contributed by atoms with Crippen LogP contribution in [0.2, 0.25) is 0 Å². The highest BCUT2D eigenvalue weighted by atomic mass is 32.1. The lowest BCUT2D eigenvalue weighted by atomic mass is 9.78. The van der Waals surface area contributed by atoms with E-state index >= 15 is 0 Å². The van der Waals surface area contributed by atoms with Crippen molar-refractivity contribution in [2.45, 2.75) is 58.8 Å². The highest BCUT2D eigenvalue weighted by Gasteiger charge is 2.26. The largest absolute Gasteiger partial charge is 0.507 e. The maximum atomic E-state index is 12.3. The number of carbonyl (C=O) groups is 1. The van der Waals surface area contributed by atoms with Crippen LogP contribution in [0, 0.1) is 0 Å². The zero-order valence-electron chi connectivity index (χ0n) is 18.9. The smallest absolute Gasteiger partial charge is 0.244 e. The number of phenols is 1. The zero-order chi connectivity index (χ0) is 23.0. The summed E-state index contributed by atoms with van der Waals surface area (Å²) in [6.45, 7) is 12.4. The van der Waals surface area contributed by atoms with Gasteiger partial charge < -0.3 is 10.8 Å². The van der Waals surface area contributed by atoms with Crippen molar-refractivity contribution in [3.05, 3.63) is 52.6 Å². The van der Waals surface area contributed by atoms with E-state index in [9.17, 15) is 9.90 Å². The molecule has 0 aliphatic heterocycles. The Labute approximate surface area is 187 Å². The van der Waals surface area contributed by atoms with Gasteiger partial charge in [0, 0.05) is 11.1 Å². The summed E-state index contributed by atoms with van der Waals surface area (Å²) in [5.74, 6) is 0.110. The van der Waals surface area contributed by atoms with Crippen LogP contribution < -0.4 is 11.2 Å². The maximum absolute atomic E-state index is 12.3. The Morgan fingerprint density at radius 3 is 2.32 bits per heavy atom. The van der Waals surface area contributed by atoms with E-state index in [4.69, 9.17) is 5.73 Å². The molecule has 0 aliphatic rings. The van der Waals surface area contributed by atoms with Gasteiger partial charge in [0.15, 0.2) is 5.13 Å². The number of carbonyl (C=O) groups excluding carboxylic acids is 1. The Bertz CT molecular complexity index is 1120. The molecule has 2 aromatic carbocycles. The Hall–Kier alpha value is -2.93. The van der Waals surface area contributed by atoms with Crippen LogP contribution in [0.5, 0.6) is 5.75 Å². The second-order valence-corrected chi connectivity index (χ2v) is 10.9. The number of aromatic nitrogens is 1. The SMILES string of the molecule is CC(C)(C)c1cc(/C=N\NC(=O)Cc2ccc3nc(N)sc3c2)cc(C(C)(C)C)c1O. The molecule has 0 atom stereocenters. The monoisotopic (exact) mass is 438 g/mol. The molecule has 0 unspecified atom stereocenters. The molecule has 31 heavy (non-hydrogen) atoms. The molecule has 3 rings (SSSR count). The van der Waals surface area contributed by atoms with Gasteiger partial charge in [-0.15, -0.1) is 0 Å². The van der Waals surface area contributed by atoms with E-state index in [0.717, 1.165) is 32.5 Å². The summed E-state index contributed by atoms with van der Waals surface area (Å²) >= 11 is 1.40. The van der Waals surface area contributed by atoms with Crippen LogP contribution in [0.15, 0.2) is 35.4 Å². The summed E-state index contributed by atoms with van der Waals surface area (Å²) in [4.78, 5) is 16.6. The van der Waals surface area contributed by atoms with Crippen molar-refractivity contribution in [3.8, 4) is 5.75 Å². The van der Waals surface area contributed by atoms with Crippen LogP contribution in [0.25, 0.3) is 10.2 Å². The molecule has 7 heteroatoms. The lowest BCUT2D eigenvalue weighted by Gasteiger charge is -2.27. The highest BCUT2D eigenvalue weighted by molar-refractivity contribution is 7.22. The molecule has 0 saturated carbocycles. The first-order chi connectivity index (χ1) is 14.3. The molecular weight excluding hydrogens is 408 g/mol. The Morgan fingerprint density at radius 1 is 1.13 bits per heavy atom. The van der Waals surface area contributed by atoms with Gasteiger partial charge in [0.25, 0.3) is 0 Å². The third kappa shape index (κ3) is 5.41. The van der Waals surface area contributed by atoms with Gasteiger partial charge in [-0.25, -0.2) is 10.4 Å². The van der Waals surface area contributed by atoms with E-state index in [0.29, 0.717) is 10.9 Å². The number of nitrogen functional groups attached to an aromatic ring is 1. The lowest BCUT2D eigenvalue weighted by Crippen LogP contribution is -2.20. The van der Waals surface area contributed by atoms with Crippen molar-refractivity contribution >= 4 is 38.8 Å². The topological polar surface area (TPSA) is 101 Å². The van der Waals surface area contributed by atoms with E-state index in [-0.39, 0.29) is 23.2 Å². The van der Waals surface area contributed by atoms with Crippen LogP contribution >= 0.6 is 11.3 Å². The third-order valence-corrected chi connectivity index (χ3v) is 5.83. The van der Waals surface area contributed by atoms with Gasteiger partial charge in [-0.05, 0) is 46.2 Å². The molecule has 0 radical (unpaired) electrons. The van der Waals surface area contributed by atoms with Crippen LogP contribution in [-0.2, 0) is 22.0 Å². The van der Waals surface area contributed by atoms with Crippen molar-refractivity contribution in [2.24, 2.45) is 5.10 Å². The van der Waals surface area contributed by atoms with E-state index in [2.05, 4.69) is 57.1 Å². The average Bonchev–Trinajstić information content (AvgIpc) is 3.00. The summed E-state index contributed by atoms with van der Waals surface area (Å²) in [6, 6.07) is 9.51. The van der Waals surface area contributed by atoms with Gasteiger partial charge in [0.05, 0.1) is 22.9 Å². The molecule has 0 bridgehead atoms. The number of hydrogen-bond donors (Lipinski definition) is 3. The Balaban J connectivity index is 1.76. The van der Waals surface area contributed by atoms with Gasteiger partial charge in [-0.3, -0.25) is 4.79 Å². The second kappa shape index (κ2) is 8.30. The summed E-state index contributed by atoms with van der Waals surface area (Å²) in [5, 5.41) is 15.5. The standard InChI is InChI=1S/C24H30N4O2S/c1-23(2,3)16-9-15(10-17(21(16)30)24(4,5)6)13-26-28-20(29)12-14-7-8-18-19(11-14)31-22(25)27-18/h7-11,13,30H,12H2,1-6H3,(H2,25,27)(H,28,29)/b26-13-. The number of aromatic hydroxyl groups is 1. The fourth-order valence-electron chi connectivity index (χ4n) is 3.38. The van der Waals surface area contributed by atoms with Crippen molar-refractivity contribution in [2.75, 3.05) is 5.73 Å². The number of rotatable bonds is 4. The van der Waals surface area contributed by atoms with Crippen molar-refractivity contribution in [3.63, 3.8) is 0 Å². The molecule has 3 aromatic rings. The molecule has 1 heterocycles. The number of nitrogens with two attached hydrogens (primary N) is 1. The first-order valence-electron chi connectivity index (χ1n) is 10.2. The minimum Gasteiger partial charge on any atom is -0.507 e. The first kappa shape index (κ1) is 22.7. The second-order valence-electron chi connectivity index (χ2n) is 9.79. The molecule has 164 valence electrons. The van der Waals surface area contributed by atoms with E-state index < -0.39 is 0 Å². The number of fused-ring (bicyclic) bond motifs is 1. The van der Waals surface area contributed by atoms with Crippen molar-refractivity contribution < 1.29 is 9.90 Å². The highest BCUT2D eigenvalue weighted by Crippen LogP contribution is 2.39. The van der Waals surface area contributed by atoms with Gasteiger partial charge in [-0.1, -0.05) is 58.9 Å². The third-order valence-electron chi connectivity index (χ3n) is 4.99. The molecule has 6 nitrogen and oxygen atoms in total. The van der Waals surface area contributed by atoms with Gasteiger partial charge in [0.1, 0.15) is 5.75 Å². The van der Waals surface area contributed by atoms with Crippen molar-refractivity contribution in [1.82, 2.24) is 10.4 Å². The number of hydrazone groups is 1. The zero-order valence-corrected chi connectivity index (χ0v) is 19.7. The van der Waals surface area contributed by atoms with Crippen LogP contribution in [0.1, 0.15) is 63.8 Å². The fraction of sp³-hybridized carbons (Fsp3) is 0.375. The van der Waals surface area contributed by atoms with Gasteiger partial charge in [-0.2, -0.15) is 5.10 Å². The van der Waals surface area contributed by atoms with Gasteiger partial charge in [0.2, 0.25) is 5.91 Å². The molecule has 0 saturated heterocycles. The first-order valence-corrected chi connectivity index (χ1v) is 11.0. The lowest BCUT2D eigenvalue weighted by molar-refractivity contribution is -0.120. The molecule has 1 aromatic heterocycles. The summed E-state index contributed by atoms with van der Waals surface area (Å²) in [7, 11) is 0. The van der Waals surface area contributed by atoms with Crippen molar-refractivity contribution in [1.29, 1.82) is 0 Å². The van der Waals surface area contributed by atoms with E-state index in [1.807, 2.05) is 30.3 Å². The number of nitrogens with zero attached hydrogens (tertiary/aromatic N) is 2. The number of phenolic OH excluding ortho intramolecular Hbond substituents is 1. The summed E-state index contributed by atoms with van der Waals surface area (Å²) in [6.07, 6.45) is 1.83. The molecule has 0 aliphatic carbocycles. The number of hydrogen-bond acceptors (Lipinski definition) is 6. The maximum Gasteiger partial charge on any atom is 0.244 e. The predicted molar refractivity (Wildman–Crippen MR) is 129 cm³/mol. The number of nitrogens with one attached hydrogen (secondary N) is 1. The molecule has 4 N–H and O–H groups in total. The number of thiazole rings is 1. The van der Waals surface area contributed by atoms with Crippen LogP contribution in [-0.4, -0.2) is 22.2 Å². The van der Waals surface area contributed by atoms with Crippen LogP contribution in [0.4, 0.5) is 5.13 Å². The minimum absolute atomic E-state index is 0.209. The molecular formula is C24H30N4O2S. The number of benzene rings is 2. The van der Waals surface area contributed by atoms with E-state index in [1.165, 1.54) is 11.3 Å². The molecule has 0 spiro atoms.